The van der Waals surface area contributed by atoms with Crippen LogP contribution in [0, 0.1) is 24.7 Å². The first-order valence-electron chi connectivity index (χ1n) is 7.35. The molecule has 108 valence electrons. The number of aromatic hydroxyl groups is 1. The fourth-order valence-corrected chi connectivity index (χ4v) is 2.68. The minimum atomic E-state index is 0.180. The van der Waals surface area contributed by atoms with Crippen molar-refractivity contribution in [3.05, 3.63) is 29.3 Å². The lowest BCUT2D eigenvalue weighted by atomic mass is 9.85. The zero-order valence-electron chi connectivity index (χ0n) is 13.2. The molecule has 2 N–H and O–H groups in total. The molecule has 19 heavy (non-hydrogen) atoms. The average Bonchev–Trinajstić information content (AvgIpc) is 2.31. The number of hydrogen-bond acceptors (Lipinski definition) is 2. The molecule has 1 rings (SSSR count). The number of phenols is 1. The van der Waals surface area contributed by atoms with Gasteiger partial charge in [0.15, 0.2) is 0 Å². The summed E-state index contributed by atoms with van der Waals surface area (Å²) < 4.78 is 0. The van der Waals surface area contributed by atoms with E-state index >= 15 is 0 Å². The average molecular weight is 263 g/mol. The molecule has 0 bridgehead atoms. The summed E-state index contributed by atoms with van der Waals surface area (Å²) >= 11 is 0. The second-order valence-electron chi connectivity index (χ2n) is 6.34. The molecular formula is C17H29NO. The van der Waals surface area contributed by atoms with Gasteiger partial charge >= 0.3 is 0 Å². The maximum Gasteiger partial charge on any atom is 0.120 e. The van der Waals surface area contributed by atoms with Crippen molar-refractivity contribution < 1.29 is 5.11 Å². The van der Waals surface area contributed by atoms with Gasteiger partial charge in [0, 0.05) is 11.6 Å². The molecule has 0 fully saturated rings. The highest BCUT2D eigenvalue weighted by molar-refractivity contribution is 5.37. The summed E-state index contributed by atoms with van der Waals surface area (Å²) in [6, 6.07) is 5.97. The van der Waals surface area contributed by atoms with Gasteiger partial charge in [-0.25, -0.2) is 0 Å². The summed E-state index contributed by atoms with van der Waals surface area (Å²) in [5.41, 5.74) is 2.18. The molecule has 0 saturated heterocycles. The van der Waals surface area contributed by atoms with E-state index in [4.69, 9.17) is 0 Å². The topological polar surface area (TPSA) is 32.3 Å². The Kier molecular flexibility index (Phi) is 5.86. The van der Waals surface area contributed by atoms with Crippen molar-refractivity contribution in [3.8, 4) is 5.75 Å². The SMILES string of the molecule is Cc1ccc(O)c(C(C)NCC(C(C)C)C(C)C)c1. The van der Waals surface area contributed by atoms with Gasteiger partial charge < -0.3 is 10.4 Å². The maximum atomic E-state index is 9.95. The lowest BCUT2D eigenvalue weighted by Crippen LogP contribution is -2.31. The van der Waals surface area contributed by atoms with Crippen LogP contribution < -0.4 is 5.32 Å². The molecule has 0 radical (unpaired) electrons. The molecule has 1 aromatic rings. The summed E-state index contributed by atoms with van der Waals surface area (Å²) in [6.07, 6.45) is 0. The van der Waals surface area contributed by atoms with Gasteiger partial charge in [0.2, 0.25) is 0 Å². The van der Waals surface area contributed by atoms with Crippen LogP contribution in [0.15, 0.2) is 18.2 Å². The first-order chi connectivity index (χ1) is 8.82. The summed E-state index contributed by atoms with van der Waals surface area (Å²) in [5.74, 6) is 2.39. The second kappa shape index (κ2) is 6.95. The molecule has 1 aromatic carbocycles. The van der Waals surface area contributed by atoms with Gasteiger partial charge in [0.1, 0.15) is 5.75 Å². The Hall–Kier alpha value is -1.02. The third-order valence-electron chi connectivity index (χ3n) is 4.02. The standard InChI is InChI=1S/C17H29NO/c1-11(2)16(12(3)4)10-18-14(6)15-9-13(5)7-8-17(15)19/h7-9,11-12,14,16,18-19H,10H2,1-6H3. The molecule has 0 aliphatic rings. The molecule has 0 heterocycles. The van der Waals surface area contributed by atoms with Crippen LogP contribution in [0.25, 0.3) is 0 Å². The largest absolute Gasteiger partial charge is 0.508 e. The molecule has 0 aliphatic heterocycles. The van der Waals surface area contributed by atoms with Gasteiger partial charge in [-0.3, -0.25) is 0 Å². The molecular weight excluding hydrogens is 234 g/mol. The lowest BCUT2D eigenvalue weighted by Gasteiger charge is -2.27. The van der Waals surface area contributed by atoms with Crippen molar-refractivity contribution >= 4 is 0 Å². The van der Waals surface area contributed by atoms with Gasteiger partial charge in [-0.2, -0.15) is 0 Å². The Morgan fingerprint density at radius 3 is 2.16 bits per heavy atom. The Morgan fingerprint density at radius 1 is 1.05 bits per heavy atom. The molecule has 1 atom stereocenters. The van der Waals surface area contributed by atoms with Gasteiger partial charge in [-0.1, -0.05) is 45.4 Å². The van der Waals surface area contributed by atoms with Crippen LogP contribution in [-0.4, -0.2) is 11.7 Å². The maximum absolute atomic E-state index is 9.95. The molecule has 1 unspecified atom stereocenters. The molecule has 0 saturated carbocycles. The van der Waals surface area contributed by atoms with Crippen LogP contribution in [0.3, 0.4) is 0 Å². The first-order valence-corrected chi connectivity index (χ1v) is 7.35. The van der Waals surface area contributed by atoms with Gasteiger partial charge in [-0.15, -0.1) is 0 Å². The Balaban J connectivity index is 2.69. The zero-order chi connectivity index (χ0) is 14.6. The third-order valence-corrected chi connectivity index (χ3v) is 4.02. The van der Waals surface area contributed by atoms with E-state index in [0.717, 1.165) is 12.1 Å². The van der Waals surface area contributed by atoms with E-state index in [-0.39, 0.29) is 6.04 Å². The quantitative estimate of drug-likeness (QED) is 0.803. The molecule has 0 amide bonds. The van der Waals surface area contributed by atoms with Gasteiger partial charge in [0.05, 0.1) is 0 Å². The summed E-state index contributed by atoms with van der Waals surface area (Å²) in [6.45, 7) is 14.3. The van der Waals surface area contributed by atoms with E-state index in [1.165, 1.54) is 5.56 Å². The Bertz CT molecular complexity index is 390. The number of rotatable bonds is 6. The van der Waals surface area contributed by atoms with E-state index in [0.29, 0.717) is 23.5 Å². The van der Waals surface area contributed by atoms with E-state index in [1.54, 1.807) is 6.07 Å². The summed E-state index contributed by atoms with van der Waals surface area (Å²) in [4.78, 5) is 0. The highest BCUT2D eigenvalue weighted by Crippen LogP contribution is 2.26. The van der Waals surface area contributed by atoms with Crippen LogP contribution in [0.5, 0.6) is 5.75 Å². The predicted octanol–water partition coefficient (Wildman–Crippen LogP) is 4.28. The summed E-state index contributed by atoms with van der Waals surface area (Å²) in [5, 5.41) is 13.5. The van der Waals surface area contributed by atoms with Crippen LogP contribution in [0.2, 0.25) is 0 Å². The third kappa shape index (κ3) is 4.54. The second-order valence-corrected chi connectivity index (χ2v) is 6.34. The van der Waals surface area contributed by atoms with Gasteiger partial charge in [0.25, 0.3) is 0 Å². The number of hydrogen-bond donors (Lipinski definition) is 2. The van der Waals surface area contributed by atoms with Crippen LogP contribution in [-0.2, 0) is 0 Å². The zero-order valence-corrected chi connectivity index (χ0v) is 13.2. The number of nitrogens with one attached hydrogen (secondary N) is 1. The molecule has 0 aromatic heterocycles. The monoisotopic (exact) mass is 263 g/mol. The van der Waals surface area contributed by atoms with Crippen molar-refractivity contribution in [1.82, 2.24) is 5.32 Å². The normalized spacial score (nSPS) is 13.5. The highest BCUT2D eigenvalue weighted by Gasteiger charge is 2.19. The lowest BCUT2D eigenvalue weighted by molar-refractivity contribution is 0.267. The van der Waals surface area contributed by atoms with E-state index in [1.807, 2.05) is 6.07 Å². The highest BCUT2D eigenvalue weighted by atomic mass is 16.3. The fourth-order valence-electron chi connectivity index (χ4n) is 2.68. The van der Waals surface area contributed by atoms with E-state index in [9.17, 15) is 5.11 Å². The number of benzene rings is 1. The first kappa shape index (κ1) is 16.0. The number of aryl methyl sites for hydroxylation is 1. The smallest absolute Gasteiger partial charge is 0.120 e. The molecule has 0 spiro atoms. The fraction of sp³-hybridized carbons (Fsp3) is 0.647. The minimum absolute atomic E-state index is 0.180. The van der Waals surface area contributed by atoms with E-state index in [2.05, 4.69) is 52.9 Å². The van der Waals surface area contributed by atoms with E-state index < -0.39 is 0 Å². The van der Waals surface area contributed by atoms with Crippen LogP contribution >= 0.6 is 0 Å². The van der Waals surface area contributed by atoms with Crippen molar-refractivity contribution in [1.29, 1.82) is 0 Å². The minimum Gasteiger partial charge on any atom is -0.508 e. The van der Waals surface area contributed by atoms with Gasteiger partial charge in [-0.05, 0) is 44.2 Å². The Morgan fingerprint density at radius 2 is 1.63 bits per heavy atom. The van der Waals surface area contributed by atoms with Crippen LogP contribution in [0.4, 0.5) is 0 Å². The van der Waals surface area contributed by atoms with Crippen LogP contribution in [0.1, 0.15) is 51.8 Å². The molecule has 2 nitrogen and oxygen atoms in total. The van der Waals surface area contributed by atoms with Crippen molar-refractivity contribution in [2.75, 3.05) is 6.54 Å². The van der Waals surface area contributed by atoms with Crippen molar-refractivity contribution in [2.45, 2.75) is 47.6 Å². The molecule has 0 aliphatic carbocycles. The predicted molar refractivity (Wildman–Crippen MR) is 82.4 cm³/mol. The summed E-state index contributed by atoms with van der Waals surface area (Å²) in [7, 11) is 0. The number of phenolic OH excluding ortho intramolecular Hbond substituents is 1. The Labute approximate surface area is 118 Å². The van der Waals surface area contributed by atoms with Crippen molar-refractivity contribution in [3.63, 3.8) is 0 Å². The molecule has 2 heteroatoms. The van der Waals surface area contributed by atoms with Crippen molar-refractivity contribution in [2.24, 2.45) is 17.8 Å².